The van der Waals surface area contributed by atoms with Gasteiger partial charge in [-0.3, -0.25) is 28.8 Å². The SMILES string of the molecule is CCC(C)(C)C(=O)OC(C)(C)C12CC3CC(CC(C3)C1)C2.CCC(C)(C)C(=O)OC12CC3CC(C1)CC(C(=O)OC(CS(=O)(=O)[O-])C(F)(F)F)(C3)C2.CCC(C)(C)C(=O)OC1C2CC3C(=O)OC1C3O2.CCC(C)(C)C(=O)Oc1cc(C)c(O)c(C)c1C.CCC(C)(C)c1ccc(OC2(C)CCCC2)cc1.c1ccc(-[s+]2c3ccccc3c3ccccc32)cc1. The van der Waals surface area contributed by atoms with Crippen LogP contribution in [0.2, 0.25) is 0 Å². The number of alkyl halides is 3. The number of halogens is 3. The van der Waals surface area contributed by atoms with E-state index in [0.29, 0.717) is 50.7 Å². The Morgan fingerprint density at radius 1 is 0.592 bits per heavy atom. The number of hydrogen-bond donors (Lipinski definition) is 1. The number of benzene rings is 5. The molecule has 1 aromatic heterocycles. The van der Waals surface area contributed by atoms with E-state index in [1.54, 1.807) is 26.8 Å². The zero-order chi connectivity index (χ0) is 92.0. The molecule has 0 radical (unpaired) electrons. The van der Waals surface area contributed by atoms with Gasteiger partial charge in [0.2, 0.25) is 6.10 Å². The van der Waals surface area contributed by atoms with Crippen LogP contribution >= 0.6 is 10.5 Å². The third-order valence-electron chi connectivity index (χ3n) is 30.4. The van der Waals surface area contributed by atoms with Crippen molar-refractivity contribution in [1.82, 2.24) is 0 Å². The van der Waals surface area contributed by atoms with Crippen LogP contribution in [0, 0.1) is 88.8 Å². The highest BCUT2D eigenvalue weighted by Gasteiger charge is 2.67. The number of rotatable bonds is 22. The summed E-state index contributed by atoms with van der Waals surface area (Å²) in [5.74, 6) is 0.230. The van der Waals surface area contributed by atoms with Gasteiger partial charge in [-0.05, 0) is 344 Å². The van der Waals surface area contributed by atoms with E-state index < -0.39 is 79.6 Å². The van der Waals surface area contributed by atoms with Crippen LogP contribution in [0.4, 0.5) is 13.2 Å². The summed E-state index contributed by atoms with van der Waals surface area (Å²) < 4.78 is 120. The van der Waals surface area contributed by atoms with Crippen LogP contribution in [0.15, 0.2) is 109 Å². The lowest BCUT2D eigenvalue weighted by Gasteiger charge is -2.61. The summed E-state index contributed by atoms with van der Waals surface area (Å²) in [4.78, 5) is 75.3. The first-order valence-corrected chi connectivity index (χ1v) is 48.6. The minimum Gasteiger partial charge on any atom is -0.748 e. The monoisotopic (exact) mass is 1770 g/mol. The van der Waals surface area contributed by atoms with Crippen molar-refractivity contribution in [3.05, 3.63) is 131 Å². The molecule has 23 heteroatoms. The molecule has 0 spiro atoms. The highest BCUT2D eigenvalue weighted by Crippen LogP contribution is 2.66. The molecule has 3 saturated heterocycles. The number of esters is 6. The third kappa shape index (κ3) is 21.8. The Labute approximate surface area is 743 Å². The molecule has 5 aromatic carbocycles. The molecule has 8 atom stereocenters. The second kappa shape index (κ2) is 37.5. The first kappa shape index (κ1) is 98.0. The van der Waals surface area contributed by atoms with Crippen molar-refractivity contribution < 1.29 is 97.9 Å². The molecule has 8 unspecified atom stereocenters. The molecule has 18 rings (SSSR count). The molecule has 125 heavy (non-hydrogen) atoms. The summed E-state index contributed by atoms with van der Waals surface area (Å²) in [6.45, 7) is 41.7. The molecule has 12 aliphatic rings. The largest absolute Gasteiger partial charge is 0.748 e. The first-order chi connectivity index (χ1) is 58.2. The van der Waals surface area contributed by atoms with Gasteiger partial charge in [0, 0.05) is 33.1 Å². The normalized spacial score (nSPS) is 26.8. The standard InChI is InChI=1S/C20H29F3O7S.C19H32O2.C18H13S.C17H26O.C15H22O3.C13H18O5/c1-4-17(2,3)15(24)30-19-8-12-5-13(9-19)7-18(6-12,11-19)16(25)29-14(20(21,22)23)10-31(26,27)28;1-6-17(2,3)16(20)21-18(4,5)19-10-13-7-14(11-19)9-15(8-13)12-19;1-2-8-14(9-3-1)19-17-12-6-4-10-15(17)16-11-5-7-13-18(16)19;1-5-16(2,3)14-8-10-15(11-9-14)18-17(4)12-6-7-13-17;1-7-15(5,6)14(17)18-12-8-9(2)13(16)11(4)10(12)3;1-4-13(2,3)12(15)18-9-7-5-6-8(16-7)10(9)17-11(6)14/h12-14H,4-11H2,1-3H3,(H,26,27,28);13-15H,6-12H2,1-5H3;1-13H;8-11H,5-7,12-13H2,1-4H3;8,16H,7H2,1-6H3;6-10H,4-5H2,1-3H3/q;;+1;;;/p-1. The zero-order valence-electron chi connectivity index (χ0n) is 77.8. The van der Waals surface area contributed by atoms with Crippen molar-refractivity contribution in [3.8, 4) is 22.1 Å². The molecular formula is C102H139F3O18S2. The van der Waals surface area contributed by atoms with Gasteiger partial charge < -0.3 is 47.6 Å². The van der Waals surface area contributed by atoms with Crippen LogP contribution in [0.25, 0.3) is 25.1 Å². The molecule has 9 aliphatic carbocycles. The predicted octanol–water partition coefficient (Wildman–Crippen LogP) is 23.8. The van der Waals surface area contributed by atoms with Gasteiger partial charge in [-0.2, -0.15) is 13.2 Å². The van der Waals surface area contributed by atoms with Crippen LogP contribution in [-0.4, -0.2) is 113 Å². The van der Waals surface area contributed by atoms with E-state index in [9.17, 15) is 60.0 Å². The number of carbonyl (C=O) groups is 6. The highest BCUT2D eigenvalue weighted by atomic mass is 32.2. The fourth-order valence-corrected chi connectivity index (χ4v) is 23.8. The molecule has 9 saturated carbocycles. The number of aryl methyl sites for hydroxylation is 1. The van der Waals surface area contributed by atoms with Crippen molar-refractivity contribution in [2.75, 3.05) is 5.75 Å². The van der Waals surface area contributed by atoms with Crippen LogP contribution in [0.3, 0.4) is 0 Å². The van der Waals surface area contributed by atoms with Gasteiger partial charge in [0.05, 0.1) is 55.0 Å². The van der Waals surface area contributed by atoms with E-state index in [2.05, 4.69) is 156 Å². The number of aromatic hydroxyl groups is 1. The quantitative estimate of drug-likeness (QED) is 0.0218. The lowest BCUT2D eigenvalue weighted by atomic mass is 9.46. The maximum absolute atomic E-state index is 13.3. The van der Waals surface area contributed by atoms with Crippen molar-refractivity contribution in [2.24, 2.45) is 68.0 Å². The van der Waals surface area contributed by atoms with Gasteiger partial charge in [0.25, 0.3) is 0 Å². The molecule has 3 aliphatic heterocycles. The van der Waals surface area contributed by atoms with E-state index in [4.69, 9.17) is 33.2 Å². The van der Waals surface area contributed by atoms with Crippen LogP contribution in [0.5, 0.6) is 17.2 Å². The number of hydrogen-bond acceptors (Lipinski definition) is 18. The molecule has 1 N–H and O–H groups in total. The molecular weight excluding hydrogens is 1630 g/mol. The summed E-state index contributed by atoms with van der Waals surface area (Å²) in [6, 6.07) is 38.8. The Morgan fingerprint density at radius 3 is 1.58 bits per heavy atom. The second-order valence-electron chi connectivity index (χ2n) is 42.1. The average Bonchev–Trinajstić information content (AvgIpc) is 0.986. The summed E-state index contributed by atoms with van der Waals surface area (Å²) in [5.41, 5.74) is -0.376. The van der Waals surface area contributed by atoms with E-state index in [-0.39, 0.29) is 104 Å². The topological polar surface area (TPSA) is 254 Å². The molecule has 10 bridgehead atoms. The molecule has 12 fully saturated rings. The van der Waals surface area contributed by atoms with Crippen molar-refractivity contribution in [2.45, 2.75) is 346 Å². The first-order valence-electron chi connectivity index (χ1n) is 45.8. The zero-order valence-corrected chi connectivity index (χ0v) is 79.5. The average molecular weight is 1770 g/mol. The maximum atomic E-state index is 13.3. The maximum Gasteiger partial charge on any atom is 0.426 e. The highest BCUT2D eigenvalue weighted by molar-refractivity contribution is 7.85. The third-order valence-corrected chi connectivity index (χ3v) is 33.4. The van der Waals surface area contributed by atoms with Gasteiger partial charge in [-0.1, -0.05) is 103 Å². The number of phenolic OH excluding ortho intramolecular Hbond substituents is 1. The van der Waals surface area contributed by atoms with Crippen molar-refractivity contribution in [1.29, 1.82) is 0 Å². The predicted molar refractivity (Wildman–Crippen MR) is 481 cm³/mol. The van der Waals surface area contributed by atoms with E-state index >= 15 is 0 Å². The molecule has 18 nitrogen and oxygen atoms in total. The summed E-state index contributed by atoms with van der Waals surface area (Å²) >= 11 is 0. The Balaban J connectivity index is 0.000000148. The van der Waals surface area contributed by atoms with Gasteiger partial charge in [0.15, 0.2) is 26.5 Å². The van der Waals surface area contributed by atoms with Crippen molar-refractivity contribution in [3.63, 3.8) is 0 Å². The molecule has 0 amide bonds. The number of phenols is 1. The Bertz CT molecular complexity index is 4870. The van der Waals surface area contributed by atoms with E-state index in [1.807, 2.05) is 76.2 Å². The minimum atomic E-state index is -5.27. The van der Waals surface area contributed by atoms with Gasteiger partial charge in [-0.25, -0.2) is 8.42 Å². The fraction of sp³-hybridized carbons (Fsp3) is 0.647. The van der Waals surface area contributed by atoms with Gasteiger partial charge in [-0.15, -0.1) is 0 Å². The lowest BCUT2D eigenvalue weighted by molar-refractivity contribution is -0.239. The number of fused-ring (bicyclic) bond motifs is 4. The Kier molecular flexibility index (Phi) is 29.4. The fourth-order valence-electron chi connectivity index (χ4n) is 20.8. The van der Waals surface area contributed by atoms with Gasteiger partial charge >= 0.3 is 42.0 Å². The number of ether oxygens (including phenoxy) is 8. The van der Waals surface area contributed by atoms with Crippen LogP contribution < -0.4 is 9.47 Å². The second-order valence-corrected chi connectivity index (χ2v) is 45.5. The minimum absolute atomic E-state index is 0.00100. The summed E-state index contributed by atoms with van der Waals surface area (Å²) in [5, 5.41) is 12.6. The summed E-state index contributed by atoms with van der Waals surface area (Å²) in [6.07, 6.45) is 10.9. The summed E-state index contributed by atoms with van der Waals surface area (Å²) in [7, 11) is -5.21. The Hall–Kier alpha value is -7.60. The Morgan fingerprint density at radius 2 is 1.08 bits per heavy atom. The molecule has 6 aromatic rings. The van der Waals surface area contributed by atoms with Crippen molar-refractivity contribution >= 4 is 76.6 Å². The van der Waals surface area contributed by atoms with E-state index in [1.165, 1.54) is 94.8 Å². The molecule has 4 heterocycles. The smallest absolute Gasteiger partial charge is 0.426 e. The van der Waals surface area contributed by atoms with Gasteiger partial charge in [0.1, 0.15) is 40.2 Å². The molecule has 688 valence electrons. The van der Waals surface area contributed by atoms with Crippen LogP contribution in [-0.2, 0) is 72.7 Å². The lowest BCUT2D eigenvalue weighted by Crippen LogP contribution is -2.61. The number of thiophene rings is 1. The number of carbonyl (C=O) groups excluding carboxylic acids is 6. The van der Waals surface area contributed by atoms with Crippen LogP contribution in [0.1, 0.15) is 288 Å². The van der Waals surface area contributed by atoms with E-state index in [0.717, 1.165) is 65.9 Å².